The van der Waals surface area contributed by atoms with Crippen molar-refractivity contribution >= 4 is 11.8 Å². The van der Waals surface area contributed by atoms with Gasteiger partial charge in [0.1, 0.15) is 6.04 Å². The first-order valence-corrected chi connectivity index (χ1v) is 7.93. The molecule has 1 saturated heterocycles. The van der Waals surface area contributed by atoms with Gasteiger partial charge in [0.25, 0.3) is 0 Å². The molecule has 4 nitrogen and oxygen atoms in total. The first-order chi connectivity index (χ1) is 11.2. The average Bonchev–Trinajstić information content (AvgIpc) is 2.92. The summed E-state index contributed by atoms with van der Waals surface area (Å²) < 4.78 is 38.7. The van der Waals surface area contributed by atoms with E-state index in [-0.39, 0.29) is 24.2 Å². The molecule has 1 aromatic rings. The Morgan fingerprint density at radius 2 is 2.08 bits per heavy atom. The zero-order chi connectivity index (χ0) is 17.9. The molecule has 24 heavy (non-hydrogen) atoms. The SMILES string of the molecule is CC(C)C[C@H](NC(=O)[C@H]1CCC(=O)N1)c1cccc(C(F)(F)F)c1. The molecule has 1 fully saturated rings. The molecule has 0 aliphatic carbocycles. The van der Waals surface area contributed by atoms with Gasteiger partial charge in [-0.3, -0.25) is 9.59 Å². The van der Waals surface area contributed by atoms with E-state index in [1.165, 1.54) is 6.07 Å². The lowest BCUT2D eigenvalue weighted by Crippen LogP contribution is -2.43. The largest absolute Gasteiger partial charge is 0.416 e. The molecule has 132 valence electrons. The Balaban J connectivity index is 2.19. The van der Waals surface area contributed by atoms with Crippen LogP contribution >= 0.6 is 0 Å². The van der Waals surface area contributed by atoms with Gasteiger partial charge in [0.05, 0.1) is 11.6 Å². The minimum atomic E-state index is -4.43. The fourth-order valence-electron chi connectivity index (χ4n) is 2.76. The number of rotatable bonds is 5. The molecule has 0 spiro atoms. The van der Waals surface area contributed by atoms with Crippen LogP contribution < -0.4 is 10.6 Å². The lowest BCUT2D eigenvalue weighted by molar-refractivity contribution is -0.137. The normalized spacial score (nSPS) is 19.2. The molecule has 1 aliphatic heterocycles. The van der Waals surface area contributed by atoms with Gasteiger partial charge in [-0.25, -0.2) is 0 Å². The molecular weight excluding hydrogens is 321 g/mol. The minimum absolute atomic E-state index is 0.183. The molecule has 2 N–H and O–H groups in total. The van der Waals surface area contributed by atoms with Crippen LogP contribution in [0.4, 0.5) is 13.2 Å². The second kappa shape index (κ2) is 7.23. The first-order valence-electron chi connectivity index (χ1n) is 7.93. The fraction of sp³-hybridized carbons (Fsp3) is 0.529. The van der Waals surface area contributed by atoms with Crippen LogP contribution in [0.5, 0.6) is 0 Å². The summed E-state index contributed by atoms with van der Waals surface area (Å²) in [6.45, 7) is 3.87. The van der Waals surface area contributed by atoms with Crippen molar-refractivity contribution < 1.29 is 22.8 Å². The van der Waals surface area contributed by atoms with E-state index in [2.05, 4.69) is 10.6 Å². The van der Waals surface area contributed by atoms with Gasteiger partial charge in [0.2, 0.25) is 11.8 Å². The van der Waals surface area contributed by atoms with Crippen molar-refractivity contribution in [1.29, 1.82) is 0 Å². The van der Waals surface area contributed by atoms with E-state index in [1.807, 2.05) is 13.8 Å². The van der Waals surface area contributed by atoms with Gasteiger partial charge in [-0.1, -0.05) is 26.0 Å². The van der Waals surface area contributed by atoms with Crippen molar-refractivity contribution in [3.8, 4) is 0 Å². The molecule has 0 saturated carbocycles. The Morgan fingerprint density at radius 3 is 2.62 bits per heavy atom. The van der Waals surface area contributed by atoms with Crippen LogP contribution in [-0.4, -0.2) is 17.9 Å². The zero-order valence-corrected chi connectivity index (χ0v) is 13.6. The Morgan fingerprint density at radius 1 is 1.38 bits per heavy atom. The summed E-state index contributed by atoms with van der Waals surface area (Å²) in [5.41, 5.74) is -0.326. The maximum Gasteiger partial charge on any atom is 0.416 e. The Hall–Kier alpha value is -2.05. The number of amides is 2. The van der Waals surface area contributed by atoms with Crippen molar-refractivity contribution in [3.63, 3.8) is 0 Å². The zero-order valence-electron chi connectivity index (χ0n) is 13.6. The van der Waals surface area contributed by atoms with Crippen LogP contribution in [0.3, 0.4) is 0 Å². The monoisotopic (exact) mass is 342 g/mol. The van der Waals surface area contributed by atoms with E-state index in [0.29, 0.717) is 18.4 Å². The molecule has 0 bridgehead atoms. The highest BCUT2D eigenvalue weighted by Gasteiger charge is 2.32. The second-order valence-electron chi connectivity index (χ2n) is 6.47. The van der Waals surface area contributed by atoms with Gasteiger partial charge < -0.3 is 10.6 Å². The quantitative estimate of drug-likeness (QED) is 0.863. The molecule has 7 heteroatoms. The number of carbonyl (C=O) groups is 2. The second-order valence-corrected chi connectivity index (χ2v) is 6.47. The smallest absolute Gasteiger partial charge is 0.348 e. The van der Waals surface area contributed by atoms with Crippen LogP contribution in [0.2, 0.25) is 0 Å². The molecular formula is C17H21F3N2O2. The van der Waals surface area contributed by atoms with E-state index in [4.69, 9.17) is 0 Å². The number of nitrogens with one attached hydrogen (secondary N) is 2. The molecule has 2 amide bonds. The predicted molar refractivity (Wildman–Crippen MR) is 82.9 cm³/mol. The van der Waals surface area contributed by atoms with E-state index in [9.17, 15) is 22.8 Å². The summed E-state index contributed by atoms with van der Waals surface area (Å²) in [6, 6.07) is 3.86. The summed E-state index contributed by atoms with van der Waals surface area (Å²) in [5, 5.41) is 5.35. The van der Waals surface area contributed by atoms with E-state index >= 15 is 0 Å². The van der Waals surface area contributed by atoms with Gasteiger partial charge >= 0.3 is 6.18 Å². The third kappa shape index (κ3) is 4.72. The van der Waals surface area contributed by atoms with E-state index in [0.717, 1.165) is 12.1 Å². The topological polar surface area (TPSA) is 58.2 Å². The number of alkyl halides is 3. The van der Waals surface area contributed by atoms with Gasteiger partial charge in [-0.05, 0) is 36.5 Å². The maximum absolute atomic E-state index is 12.9. The van der Waals surface area contributed by atoms with Crippen LogP contribution in [-0.2, 0) is 15.8 Å². The Bertz CT molecular complexity index is 614. The number of hydrogen-bond donors (Lipinski definition) is 2. The minimum Gasteiger partial charge on any atom is -0.348 e. The van der Waals surface area contributed by atoms with Crippen molar-refractivity contribution in [2.24, 2.45) is 5.92 Å². The average molecular weight is 342 g/mol. The summed E-state index contributed by atoms with van der Waals surface area (Å²) in [7, 11) is 0. The first kappa shape index (κ1) is 18.3. The third-order valence-electron chi connectivity index (χ3n) is 3.95. The van der Waals surface area contributed by atoms with Crippen molar-refractivity contribution in [2.45, 2.75) is 51.4 Å². The highest BCUT2D eigenvalue weighted by atomic mass is 19.4. The summed E-state index contributed by atoms with van der Waals surface area (Å²) in [5.74, 6) is -0.360. The van der Waals surface area contributed by atoms with Crippen molar-refractivity contribution in [2.75, 3.05) is 0 Å². The third-order valence-corrected chi connectivity index (χ3v) is 3.95. The van der Waals surface area contributed by atoms with Crippen LogP contribution in [0.1, 0.15) is 50.3 Å². The van der Waals surface area contributed by atoms with Gasteiger partial charge in [0, 0.05) is 6.42 Å². The molecule has 0 radical (unpaired) electrons. The number of benzene rings is 1. The fourth-order valence-corrected chi connectivity index (χ4v) is 2.76. The van der Waals surface area contributed by atoms with Crippen molar-refractivity contribution in [3.05, 3.63) is 35.4 Å². The van der Waals surface area contributed by atoms with Crippen LogP contribution in [0, 0.1) is 5.92 Å². The van der Waals surface area contributed by atoms with E-state index in [1.54, 1.807) is 6.07 Å². The number of hydrogen-bond acceptors (Lipinski definition) is 2. The van der Waals surface area contributed by atoms with Crippen molar-refractivity contribution in [1.82, 2.24) is 10.6 Å². The summed E-state index contributed by atoms with van der Waals surface area (Å²) >= 11 is 0. The summed E-state index contributed by atoms with van der Waals surface area (Å²) in [6.07, 6.45) is -3.23. The standard InChI is InChI=1S/C17H21F3N2O2/c1-10(2)8-14(22-16(24)13-6-7-15(23)21-13)11-4-3-5-12(9-11)17(18,19)20/h3-5,9-10,13-14H,6-8H2,1-2H3,(H,21,23)(H,22,24)/t13-,14+/m1/s1. The molecule has 1 heterocycles. The van der Waals surface area contributed by atoms with Gasteiger partial charge in [-0.15, -0.1) is 0 Å². The Labute approximate surface area is 138 Å². The van der Waals surface area contributed by atoms with Crippen LogP contribution in [0.15, 0.2) is 24.3 Å². The number of halogens is 3. The summed E-state index contributed by atoms with van der Waals surface area (Å²) in [4.78, 5) is 23.5. The molecule has 1 aliphatic rings. The molecule has 1 aromatic carbocycles. The highest BCUT2D eigenvalue weighted by Crippen LogP contribution is 2.32. The van der Waals surface area contributed by atoms with E-state index < -0.39 is 23.8 Å². The lowest BCUT2D eigenvalue weighted by atomic mass is 9.95. The van der Waals surface area contributed by atoms with Crippen LogP contribution in [0.25, 0.3) is 0 Å². The number of carbonyl (C=O) groups excluding carboxylic acids is 2. The van der Waals surface area contributed by atoms with Gasteiger partial charge in [-0.2, -0.15) is 13.2 Å². The Kier molecular flexibility index (Phi) is 5.51. The van der Waals surface area contributed by atoms with Gasteiger partial charge in [0.15, 0.2) is 0 Å². The molecule has 2 atom stereocenters. The highest BCUT2D eigenvalue weighted by molar-refractivity contribution is 5.90. The molecule has 2 rings (SSSR count). The predicted octanol–water partition coefficient (Wildman–Crippen LogP) is 3.19. The maximum atomic E-state index is 12.9. The molecule has 0 aromatic heterocycles. The lowest BCUT2D eigenvalue weighted by Gasteiger charge is -2.23. The molecule has 0 unspecified atom stereocenters.